The molecule has 2 aromatic heterocycles. The molecule has 6 rings (SSSR count). The second-order valence-electron chi connectivity index (χ2n) is 11.6. The molecule has 1 amide bonds. The van der Waals surface area contributed by atoms with Gasteiger partial charge in [0.05, 0.1) is 21.9 Å². The summed E-state index contributed by atoms with van der Waals surface area (Å²) in [5.41, 5.74) is 2.45. The molecule has 0 spiro atoms. The number of nitrogens with one attached hydrogen (secondary N) is 3. The number of aryl methyl sites for hydroxylation is 1. The average Bonchev–Trinajstić information content (AvgIpc) is 3.43. The van der Waals surface area contributed by atoms with E-state index in [-0.39, 0.29) is 35.1 Å². The molecule has 2 heterocycles. The number of aromatic hydroxyl groups is 1. The number of amides is 1. The van der Waals surface area contributed by atoms with Crippen LogP contribution >= 0.6 is 0 Å². The number of fused-ring (bicyclic) bond motifs is 2. The lowest BCUT2D eigenvalue weighted by Crippen LogP contribution is -2.27. The van der Waals surface area contributed by atoms with Crippen molar-refractivity contribution in [3.8, 4) is 11.5 Å². The van der Waals surface area contributed by atoms with E-state index in [1.165, 1.54) is 47.9 Å². The summed E-state index contributed by atoms with van der Waals surface area (Å²) in [6, 6.07) is 24.7. The number of hydrogen-bond acceptors (Lipinski definition) is 6. The maximum atomic E-state index is 14.1. The van der Waals surface area contributed by atoms with Gasteiger partial charge in [-0.15, -0.1) is 13.2 Å². The smallest absolute Gasteiger partial charge is 0.507 e. The van der Waals surface area contributed by atoms with Crippen molar-refractivity contribution in [2.24, 2.45) is 7.05 Å². The summed E-state index contributed by atoms with van der Waals surface area (Å²) in [5, 5.41) is 15.4. The summed E-state index contributed by atoms with van der Waals surface area (Å²) >= 11 is 0. The number of carbonyl (C=O) groups is 1. The van der Waals surface area contributed by atoms with Crippen LogP contribution < -0.4 is 20.3 Å². The molecule has 10 nitrogen and oxygen atoms in total. The van der Waals surface area contributed by atoms with Crippen molar-refractivity contribution >= 4 is 43.4 Å². The van der Waals surface area contributed by atoms with E-state index in [1.54, 1.807) is 49.5 Å². The molecule has 1 unspecified atom stereocenters. The summed E-state index contributed by atoms with van der Waals surface area (Å²) in [4.78, 5) is 28.7. The minimum absolute atomic E-state index is 0.0191. The van der Waals surface area contributed by atoms with Crippen LogP contribution in [0.4, 0.5) is 18.9 Å². The number of sulfonamides is 1. The molecule has 0 bridgehead atoms. The SMILES string of the molecule is CC(=O)Nc1ccc(S(=O)(=O)NCCc2c(C(c3ccc(OC(F)(F)F)cc3)c3c(O)c4ccccc4n(C)c3=O)[nH]c3ccccc23)cc1. The fraction of sp³-hybridized carbons (Fsp3) is 0.167. The van der Waals surface area contributed by atoms with Gasteiger partial charge in [0.25, 0.3) is 5.56 Å². The Morgan fingerprint density at radius 1 is 0.940 bits per heavy atom. The van der Waals surface area contributed by atoms with Gasteiger partial charge in [0.15, 0.2) is 0 Å². The molecule has 1 atom stereocenters. The van der Waals surface area contributed by atoms with Gasteiger partial charge in [-0.2, -0.15) is 0 Å². The molecular weight excluding hydrogens is 673 g/mol. The lowest BCUT2D eigenvalue weighted by molar-refractivity contribution is -0.274. The van der Waals surface area contributed by atoms with E-state index in [0.717, 1.165) is 17.5 Å². The molecule has 0 radical (unpaired) electrons. The number of nitrogens with zero attached hydrogens (tertiary/aromatic N) is 1. The van der Waals surface area contributed by atoms with Crippen LogP contribution in [0.25, 0.3) is 21.8 Å². The molecular formula is C36H31F3N4O6S. The minimum atomic E-state index is -4.92. The number of pyridine rings is 1. The third-order valence-electron chi connectivity index (χ3n) is 8.33. The van der Waals surface area contributed by atoms with Crippen molar-refractivity contribution in [3.63, 3.8) is 0 Å². The van der Waals surface area contributed by atoms with Crippen molar-refractivity contribution < 1.29 is 36.2 Å². The van der Waals surface area contributed by atoms with E-state index in [0.29, 0.717) is 38.9 Å². The maximum absolute atomic E-state index is 14.1. The molecule has 0 saturated carbocycles. The van der Waals surface area contributed by atoms with Crippen LogP contribution in [0.2, 0.25) is 0 Å². The highest BCUT2D eigenvalue weighted by atomic mass is 32.2. The highest BCUT2D eigenvalue weighted by Gasteiger charge is 2.33. The van der Waals surface area contributed by atoms with Crippen LogP contribution in [0.5, 0.6) is 11.5 Å². The molecule has 0 aliphatic heterocycles. The highest BCUT2D eigenvalue weighted by molar-refractivity contribution is 7.89. The van der Waals surface area contributed by atoms with Crippen LogP contribution in [-0.2, 0) is 28.3 Å². The van der Waals surface area contributed by atoms with Crippen molar-refractivity contribution in [2.75, 3.05) is 11.9 Å². The number of alkyl halides is 3. The van der Waals surface area contributed by atoms with E-state index in [9.17, 15) is 36.3 Å². The van der Waals surface area contributed by atoms with Crippen LogP contribution in [0.15, 0.2) is 107 Å². The largest absolute Gasteiger partial charge is 0.573 e. The van der Waals surface area contributed by atoms with Gasteiger partial charge in [0, 0.05) is 48.2 Å². The first-order valence-electron chi connectivity index (χ1n) is 15.4. The lowest BCUT2D eigenvalue weighted by atomic mass is 9.85. The summed E-state index contributed by atoms with van der Waals surface area (Å²) in [7, 11) is -2.42. The third-order valence-corrected chi connectivity index (χ3v) is 9.81. The monoisotopic (exact) mass is 704 g/mol. The number of carbonyl (C=O) groups excluding carboxylic acids is 1. The zero-order valence-corrected chi connectivity index (χ0v) is 27.5. The van der Waals surface area contributed by atoms with Gasteiger partial charge in [0.1, 0.15) is 11.5 Å². The Hall–Kier alpha value is -5.60. The molecule has 0 aliphatic rings. The Morgan fingerprint density at radius 2 is 1.58 bits per heavy atom. The van der Waals surface area contributed by atoms with Crippen LogP contribution in [0, 0.1) is 0 Å². The number of ether oxygens (including phenoxy) is 1. The van der Waals surface area contributed by atoms with E-state index in [1.807, 2.05) is 6.07 Å². The highest BCUT2D eigenvalue weighted by Crippen LogP contribution is 2.41. The van der Waals surface area contributed by atoms with Crippen molar-refractivity contribution in [1.29, 1.82) is 0 Å². The van der Waals surface area contributed by atoms with E-state index in [4.69, 9.17) is 0 Å². The first kappa shape index (κ1) is 34.3. The standard InChI is InChI=1S/C36H31F3N4O6S/c1-21(44)41-23-13-17-25(18-14-23)50(47,48)40-20-19-27-26-7-3-5-9-29(26)42-33(27)31(22-11-15-24(16-12-22)49-36(37,38)39)32-34(45)28-8-4-6-10-30(28)43(2)35(32)46/h3-18,31,40,42,45H,19-20H2,1-2H3,(H,41,44). The van der Waals surface area contributed by atoms with Crippen LogP contribution in [-0.4, -0.2) is 41.9 Å². The summed E-state index contributed by atoms with van der Waals surface area (Å²) in [5.74, 6) is -2.09. The number of benzene rings is 4. The van der Waals surface area contributed by atoms with Crippen molar-refractivity contribution in [2.45, 2.75) is 30.5 Å². The number of anilines is 1. The Labute approximate surface area is 284 Å². The van der Waals surface area contributed by atoms with Crippen molar-refractivity contribution in [3.05, 3.63) is 130 Å². The Balaban J connectivity index is 1.45. The zero-order chi connectivity index (χ0) is 35.8. The van der Waals surface area contributed by atoms with E-state index < -0.39 is 33.6 Å². The molecule has 50 heavy (non-hydrogen) atoms. The molecule has 0 aliphatic carbocycles. The van der Waals surface area contributed by atoms with Gasteiger partial charge in [-0.1, -0.05) is 42.5 Å². The Kier molecular flexibility index (Phi) is 9.16. The first-order chi connectivity index (χ1) is 23.7. The van der Waals surface area contributed by atoms with Crippen molar-refractivity contribution in [1.82, 2.24) is 14.3 Å². The Bertz CT molecular complexity index is 2390. The molecule has 14 heteroatoms. The molecule has 258 valence electrons. The van der Waals surface area contributed by atoms with E-state index >= 15 is 0 Å². The summed E-state index contributed by atoms with van der Waals surface area (Å²) in [6.07, 6.45) is -4.79. The number of hydrogen-bond donors (Lipinski definition) is 4. The topological polar surface area (TPSA) is 143 Å². The fourth-order valence-electron chi connectivity index (χ4n) is 6.15. The summed E-state index contributed by atoms with van der Waals surface area (Å²) in [6.45, 7) is 1.27. The number of H-pyrrole nitrogens is 1. The predicted molar refractivity (Wildman–Crippen MR) is 183 cm³/mol. The van der Waals surface area contributed by atoms with Gasteiger partial charge < -0.3 is 24.7 Å². The van der Waals surface area contributed by atoms with Gasteiger partial charge in [-0.05, 0) is 72.1 Å². The first-order valence-corrected chi connectivity index (χ1v) is 16.8. The second kappa shape index (κ2) is 13.4. The predicted octanol–water partition coefficient (Wildman–Crippen LogP) is 6.28. The quantitative estimate of drug-likeness (QED) is 0.132. The molecule has 6 aromatic rings. The van der Waals surface area contributed by atoms with Gasteiger partial charge >= 0.3 is 6.36 Å². The number of rotatable bonds is 10. The van der Waals surface area contributed by atoms with Crippen LogP contribution in [0.1, 0.15) is 35.2 Å². The number of para-hydroxylation sites is 2. The third kappa shape index (κ3) is 6.93. The maximum Gasteiger partial charge on any atom is 0.573 e. The Morgan fingerprint density at radius 3 is 2.24 bits per heavy atom. The second-order valence-corrected chi connectivity index (χ2v) is 13.4. The van der Waals surface area contributed by atoms with Gasteiger partial charge in [-0.3, -0.25) is 9.59 Å². The van der Waals surface area contributed by atoms with Crippen LogP contribution in [0.3, 0.4) is 0 Å². The number of halogens is 3. The van der Waals surface area contributed by atoms with Gasteiger partial charge in [-0.25, -0.2) is 13.1 Å². The molecule has 0 fully saturated rings. The zero-order valence-electron chi connectivity index (χ0n) is 26.7. The van der Waals surface area contributed by atoms with Gasteiger partial charge in [0.2, 0.25) is 15.9 Å². The van der Waals surface area contributed by atoms with E-state index in [2.05, 4.69) is 19.8 Å². The molecule has 4 aromatic carbocycles. The minimum Gasteiger partial charge on any atom is -0.507 e. The average molecular weight is 705 g/mol. The number of aromatic amines is 1. The molecule has 0 saturated heterocycles. The molecule has 4 N–H and O–H groups in total. The normalized spacial score (nSPS) is 12.7. The lowest BCUT2D eigenvalue weighted by Gasteiger charge is -2.22. The fourth-order valence-corrected chi connectivity index (χ4v) is 7.19. The number of aromatic nitrogens is 2. The summed E-state index contributed by atoms with van der Waals surface area (Å²) < 4.78 is 73.5.